The molecule has 1 aliphatic rings. The summed E-state index contributed by atoms with van der Waals surface area (Å²) in [6.45, 7) is 6.66. The lowest BCUT2D eigenvalue weighted by Gasteiger charge is -2.26. The molecule has 0 aromatic heterocycles. The van der Waals surface area contributed by atoms with E-state index in [1.165, 1.54) is 0 Å². The number of nitrogens with zero attached hydrogens (tertiary/aromatic N) is 1. The molecule has 21 heavy (non-hydrogen) atoms. The second-order valence-electron chi connectivity index (χ2n) is 6.11. The standard InChI is InChI=1S/C16H26N2O2S/c1-4-14(13(3)17)10-9-12(2)18-11-15-7-5-6-8-16(15)21(18,19)20/h5-8,12-14H,4,9-11,17H2,1-3H3/t12-,13?,14?/m1/s1. The average Bonchev–Trinajstić information content (AvgIpc) is 2.71. The van der Waals surface area contributed by atoms with Crippen molar-refractivity contribution in [2.75, 3.05) is 0 Å². The van der Waals surface area contributed by atoms with Crippen LogP contribution >= 0.6 is 0 Å². The van der Waals surface area contributed by atoms with E-state index in [0.29, 0.717) is 17.4 Å². The Hall–Kier alpha value is -0.910. The van der Waals surface area contributed by atoms with Crippen LogP contribution in [0.5, 0.6) is 0 Å². The molecular formula is C16H26N2O2S. The summed E-state index contributed by atoms with van der Waals surface area (Å²) in [5.74, 6) is 0.458. The highest BCUT2D eigenvalue weighted by atomic mass is 32.2. The van der Waals surface area contributed by atoms with Crippen molar-refractivity contribution < 1.29 is 8.42 Å². The molecule has 0 saturated heterocycles. The van der Waals surface area contributed by atoms with Crippen LogP contribution in [0, 0.1) is 5.92 Å². The van der Waals surface area contributed by atoms with E-state index < -0.39 is 10.0 Å². The molecule has 0 spiro atoms. The van der Waals surface area contributed by atoms with Gasteiger partial charge < -0.3 is 5.73 Å². The zero-order valence-corrected chi connectivity index (χ0v) is 13.9. The quantitative estimate of drug-likeness (QED) is 0.878. The van der Waals surface area contributed by atoms with Gasteiger partial charge in [0.15, 0.2) is 0 Å². The Morgan fingerprint density at radius 2 is 1.90 bits per heavy atom. The molecule has 0 saturated carbocycles. The summed E-state index contributed by atoms with van der Waals surface area (Å²) in [6, 6.07) is 7.45. The summed E-state index contributed by atoms with van der Waals surface area (Å²) in [7, 11) is -3.32. The molecule has 1 aliphatic heterocycles. The number of nitrogens with two attached hydrogens (primary N) is 1. The molecule has 0 bridgehead atoms. The van der Waals surface area contributed by atoms with Crippen LogP contribution in [-0.4, -0.2) is 24.8 Å². The Morgan fingerprint density at radius 1 is 1.24 bits per heavy atom. The highest BCUT2D eigenvalue weighted by Gasteiger charge is 2.37. The number of hydrogen-bond donors (Lipinski definition) is 1. The summed E-state index contributed by atoms with van der Waals surface area (Å²) < 4.78 is 26.8. The van der Waals surface area contributed by atoms with Crippen molar-refractivity contribution in [2.45, 2.75) is 63.6 Å². The summed E-state index contributed by atoms with van der Waals surface area (Å²) in [5, 5.41) is 0. The molecule has 0 aliphatic carbocycles. The van der Waals surface area contributed by atoms with Gasteiger partial charge in [0.2, 0.25) is 10.0 Å². The smallest absolute Gasteiger partial charge is 0.243 e. The maximum Gasteiger partial charge on any atom is 0.243 e. The second kappa shape index (κ2) is 6.46. The molecule has 1 heterocycles. The minimum atomic E-state index is -3.32. The van der Waals surface area contributed by atoms with Crippen molar-refractivity contribution in [1.82, 2.24) is 4.31 Å². The molecule has 1 aromatic carbocycles. The zero-order valence-electron chi connectivity index (χ0n) is 13.1. The van der Waals surface area contributed by atoms with Gasteiger partial charge in [-0.05, 0) is 44.2 Å². The average molecular weight is 310 g/mol. The monoisotopic (exact) mass is 310 g/mol. The first-order chi connectivity index (χ1) is 9.87. The van der Waals surface area contributed by atoms with Gasteiger partial charge in [-0.3, -0.25) is 0 Å². The topological polar surface area (TPSA) is 63.4 Å². The Bertz CT molecular complexity index is 584. The second-order valence-corrected chi connectivity index (χ2v) is 7.97. The first kappa shape index (κ1) is 16.5. The number of benzene rings is 1. The van der Waals surface area contributed by atoms with Gasteiger partial charge in [-0.2, -0.15) is 4.31 Å². The molecule has 1 aromatic rings. The van der Waals surface area contributed by atoms with Crippen molar-refractivity contribution >= 4 is 10.0 Å². The van der Waals surface area contributed by atoms with E-state index in [1.54, 1.807) is 16.4 Å². The van der Waals surface area contributed by atoms with Crippen LogP contribution in [0.3, 0.4) is 0 Å². The SMILES string of the molecule is CCC(CC[C@@H](C)N1Cc2ccccc2S1(=O)=O)C(C)N. The fourth-order valence-electron chi connectivity index (χ4n) is 3.10. The predicted molar refractivity (Wildman–Crippen MR) is 85.3 cm³/mol. The van der Waals surface area contributed by atoms with Crippen molar-refractivity contribution in [3.05, 3.63) is 29.8 Å². The lowest BCUT2D eigenvalue weighted by molar-refractivity contribution is 0.290. The fraction of sp³-hybridized carbons (Fsp3) is 0.625. The third-order valence-corrected chi connectivity index (χ3v) is 6.66. The largest absolute Gasteiger partial charge is 0.328 e. The summed E-state index contributed by atoms with van der Waals surface area (Å²) in [6.07, 6.45) is 2.86. The molecule has 0 amide bonds. The van der Waals surface area contributed by atoms with Crippen LogP contribution < -0.4 is 5.73 Å². The maximum atomic E-state index is 12.6. The van der Waals surface area contributed by atoms with Crippen molar-refractivity contribution in [3.8, 4) is 0 Å². The van der Waals surface area contributed by atoms with Crippen LogP contribution in [0.1, 0.15) is 45.6 Å². The zero-order chi connectivity index (χ0) is 15.6. The van der Waals surface area contributed by atoms with Gasteiger partial charge in [0.05, 0.1) is 4.90 Å². The number of rotatable bonds is 6. The van der Waals surface area contributed by atoms with E-state index in [2.05, 4.69) is 6.92 Å². The Labute approximate surface area is 128 Å². The van der Waals surface area contributed by atoms with E-state index in [1.807, 2.05) is 26.0 Å². The molecule has 3 atom stereocenters. The van der Waals surface area contributed by atoms with Gasteiger partial charge in [-0.1, -0.05) is 31.5 Å². The van der Waals surface area contributed by atoms with Gasteiger partial charge in [0, 0.05) is 18.6 Å². The summed E-state index contributed by atoms with van der Waals surface area (Å²) >= 11 is 0. The molecule has 118 valence electrons. The van der Waals surface area contributed by atoms with Crippen LogP contribution in [0.15, 0.2) is 29.2 Å². The van der Waals surface area contributed by atoms with Gasteiger partial charge >= 0.3 is 0 Å². The molecule has 2 rings (SSSR count). The minimum Gasteiger partial charge on any atom is -0.328 e. The maximum absolute atomic E-state index is 12.6. The van der Waals surface area contributed by atoms with Crippen molar-refractivity contribution in [3.63, 3.8) is 0 Å². The highest BCUT2D eigenvalue weighted by Crippen LogP contribution is 2.33. The summed E-state index contributed by atoms with van der Waals surface area (Å²) in [4.78, 5) is 0.469. The Morgan fingerprint density at radius 3 is 2.48 bits per heavy atom. The molecule has 0 fully saturated rings. The third-order valence-electron chi connectivity index (χ3n) is 4.60. The Balaban J connectivity index is 2.07. The van der Waals surface area contributed by atoms with E-state index in [-0.39, 0.29) is 12.1 Å². The van der Waals surface area contributed by atoms with E-state index in [0.717, 1.165) is 24.8 Å². The molecule has 5 heteroatoms. The van der Waals surface area contributed by atoms with E-state index in [4.69, 9.17) is 5.73 Å². The first-order valence-electron chi connectivity index (χ1n) is 7.73. The molecule has 0 radical (unpaired) electrons. The van der Waals surface area contributed by atoms with Gasteiger partial charge in [-0.25, -0.2) is 8.42 Å². The van der Waals surface area contributed by atoms with Crippen molar-refractivity contribution in [2.24, 2.45) is 11.7 Å². The summed E-state index contributed by atoms with van der Waals surface area (Å²) in [5.41, 5.74) is 6.88. The Kier molecular flexibility index (Phi) is 5.07. The first-order valence-corrected chi connectivity index (χ1v) is 9.17. The lowest BCUT2D eigenvalue weighted by atomic mass is 9.92. The van der Waals surface area contributed by atoms with Crippen LogP contribution in [0.2, 0.25) is 0 Å². The predicted octanol–water partition coefficient (Wildman–Crippen LogP) is 2.73. The van der Waals surface area contributed by atoms with Gasteiger partial charge in [0.25, 0.3) is 0 Å². The van der Waals surface area contributed by atoms with E-state index in [9.17, 15) is 8.42 Å². The molecule has 2 N–H and O–H groups in total. The number of fused-ring (bicyclic) bond motifs is 1. The number of hydrogen-bond acceptors (Lipinski definition) is 3. The normalized spacial score (nSPS) is 21.7. The molecule has 4 nitrogen and oxygen atoms in total. The third kappa shape index (κ3) is 3.30. The van der Waals surface area contributed by atoms with Gasteiger partial charge in [-0.15, -0.1) is 0 Å². The van der Waals surface area contributed by atoms with Crippen molar-refractivity contribution in [1.29, 1.82) is 0 Å². The lowest BCUT2D eigenvalue weighted by Crippen LogP contribution is -2.35. The molecule has 2 unspecified atom stereocenters. The van der Waals surface area contributed by atoms with Crippen LogP contribution in [0.25, 0.3) is 0 Å². The number of sulfonamides is 1. The van der Waals surface area contributed by atoms with Gasteiger partial charge in [0.1, 0.15) is 0 Å². The van der Waals surface area contributed by atoms with E-state index >= 15 is 0 Å². The molecular weight excluding hydrogens is 284 g/mol. The highest BCUT2D eigenvalue weighted by molar-refractivity contribution is 7.89. The van der Waals surface area contributed by atoms with Crippen LogP contribution in [-0.2, 0) is 16.6 Å². The minimum absolute atomic E-state index is 0.00944. The van der Waals surface area contributed by atoms with Crippen LogP contribution in [0.4, 0.5) is 0 Å². The fourth-order valence-corrected chi connectivity index (χ4v) is 4.95.